The number of hydrogen-bond acceptors (Lipinski definition) is 6. The average Bonchev–Trinajstić information content (AvgIpc) is 2.71. The van der Waals surface area contributed by atoms with Crippen molar-refractivity contribution in [3.05, 3.63) is 5.82 Å². The molecule has 0 unspecified atom stereocenters. The predicted molar refractivity (Wildman–Crippen MR) is 43.5 cm³/mol. The zero-order chi connectivity index (χ0) is 9.26. The first kappa shape index (κ1) is 7.71. The molecule has 2 aromatic heterocycles. The van der Waals surface area contributed by atoms with Gasteiger partial charge in [0.1, 0.15) is 5.82 Å². The number of aromatic amines is 1. The highest BCUT2D eigenvalue weighted by Gasteiger charge is 2.13. The zero-order valence-corrected chi connectivity index (χ0v) is 6.98. The largest absolute Gasteiger partial charge is 0.379 e. The summed E-state index contributed by atoms with van der Waals surface area (Å²) in [4.78, 5) is 4.12. The van der Waals surface area contributed by atoms with Gasteiger partial charge in [0.05, 0.1) is 0 Å². The minimum atomic E-state index is 0.196. The Balaban J connectivity index is 2.41. The minimum Gasteiger partial charge on any atom is -0.379 e. The lowest BCUT2D eigenvalue weighted by Gasteiger charge is -1.84. The Morgan fingerprint density at radius 2 is 2.31 bits per heavy atom. The highest BCUT2D eigenvalue weighted by molar-refractivity contribution is 5.61. The molecule has 0 radical (unpaired) electrons. The molecule has 0 saturated heterocycles. The summed E-state index contributed by atoms with van der Waals surface area (Å²) in [5, 5.41) is 13.7. The van der Waals surface area contributed by atoms with Crippen LogP contribution in [0.1, 0.15) is 12.7 Å². The molecule has 0 aliphatic carbocycles. The van der Waals surface area contributed by atoms with Crippen molar-refractivity contribution in [2.45, 2.75) is 13.3 Å². The van der Waals surface area contributed by atoms with E-state index < -0.39 is 0 Å². The second kappa shape index (κ2) is 2.85. The maximum absolute atomic E-state index is 5.46. The molecule has 0 spiro atoms. The number of aryl methyl sites for hydroxylation is 1. The molecule has 0 aromatic carbocycles. The lowest BCUT2D eigenvalue weighted by molar-refractivity contribution is 0.310. The summed E-state index contributed by atoms with van der Waals surface area (Å²) in [6, 6.07) is 0. The standard InChI is InChI=1S/C6H8N6O/c1-2-3-8-6(10-9-3)4-5(7)12-13-11-4/h2H2,1H3,(H2,7,12)(H,8,9,10). The third kappa shape index (κ3) is 1.24. The number of anilines is 1. The van der Waals surface area contributed by atoms with E-state index in [4.69, 9.17) is 5.73 Å². The van der Waals surface area contributed by atoms with E-state index in [1.807, 2.05) is 6.92 Å². The van der Waals surface area contributed by atoms with Gasteiger partial charge in [0.15, 0.2) is 11.5 Å². The molecule has 0 aliphatic heterocycles. The van der Waals surface area contributed by atoms with Crippen LogP contribution in [0, 0.1) is 0 Å². The van der Waals surface area contributed by atoms with Crippen molar-refractivity contribution in [1.29, 1.82) is 0 Å². The van der Waals surface area contributed by atoms with Gasteiger partial charge in [-0.15, -0.1) is 0 Å². The molecule has 0 aliphatic rings. The zero-order valence-electron chi connectivity index (χ0n) is 6.98. The van der Waals surface area contributed by atoms with Crippen LogP contribution in [-0.2, 0) is 6.42 Å². The van der Waals surface area contributed by atoms with Crippen LogP contribution < -0.4 is 5.73 Å². The number of H-pyrrole nitrogens is 1. The summed E-state index contributed by atoms with van der Waals surface area (Å²) in [5.74, 6) is 1.38. The van der Waals surface area contributed by atoms with Crippen LogP contribution in [0.4, 0.5) is 5.82 Å². The van der Waals surface area contributed by atoms with E-state index in [0.29, 0.717) is 11.5 Å². The second-order valence-electron chi connectivity index (χ2n) is 2.46. The molecule has 0 atom stereocenters. The van der Waals surface area contributed by atoms with Crippen molar-refractivity contribution >= 4 is 5.82 Å². The SMILES string of the molecule is CCc1nc(-c2nonc2N)n[nH]1. The normalized spacial score (nSPS) is 10.5. The predicted octanol–water partition coefficient (Wildman–Crippen LogP) is -0.000700. The maximum atomic E-state index is 5.46. The number of aromatic nitrogens is 5. The third-order valence-electron chi connectivity index (χ3n) is 1.59. The molecular formula is C6H8N6O. The summed E-state index contributed by atoms with van der Waals surface area (Å²) < 4.78 is 4.42. The summed E-state index contributed by atoms with van der Waals surface area (Å²) in [7, 11) is 0. The molecule has 2 heterocycles. The molecule has 0 fully saturated rings. The van der Waals surface area contributed by atoms with Gasteiger partial charge in [0, 0.05) is 6.42 Å². The van der Waals surface area contributed by atoms with Crippen molar-refractivity contribution in [2.24, 2.45) is 0 Å². The number of nitrogens with one attached hydrogen (secondary N) is 1. The van der Waals surface area contributed by atoms with E-state index in [-0.39, 0.29) is 5.82 Å². The van der Waals surface area contributed by atoms with Gasteiger partial charge in [0.25, 0.3) is 0 Å². The van der Waals surface area contributed by atoms with Gasteiger partial charge in [0.2, 0.25) is 5.82 Å². The van der Waals surface area contributed by atoms with Crippen molar-refractivity contribution < 1.29 is 4.63 Å². The summed E-state index contributed by atoms with van der Waals surface area (Å²) in [6.45, 7) is 1.97. The lowest BCUT2D eigenvalue weighted by atomic mass is 10.4. The molecule has 3 N–H and O–H groups in total. The first-order valence-electron chi connectivity index (χ1n) is 3.81. The third-order valence-corrected chi connectivity index (χ3v) is 1.59. The summed E-state index contributed by atoms with van der Waals surface area (Å²) in [6.07, 6.45) is 0.776. The van der Waals surface area contributed by atoms with Gasteiger partial charge in [-0.05, 0) is 10.3 Å². The topological polar surface area (TPSA) is 107 Å². The fourth-order valence-electron chi connectivity index (χ4n) is 0.910. The van der Waals surface area contributed by atoms with E-state index in [9.17, 15) is 0 Å². The van der Waals surface area contributed by atoms with E-state index in [1.54, 1.807) is 0 Å². The van der Waals surface area contributed by atoms with Crippen LogP contribution >= 0.6 is 0 Å². The molecule has 2 aromatic rings. The highest BCUT2D eigenvalue weighted by atomic mass is 16.6. The second-order valence-corrected chi connectivity index (χ2v) is 2.46. The molecule has 2 rings (SSSR count). The first-order chi connectivity index (χ1) is 6.31. The lowest BCUT2D eigenvalue weighted by Crippen LogP contribution is -1.90. The molecule has 13 heavy (non-hydrogen) atoms. The maximum Gasteiger partial charge on any atom is 0.207 e. The van der Waals surface area contributed by atoms with Crippen molar-refractivity contribution in [3.63, 3.8) is 0 Å². The van der Waals surface area contributed by atoms with Gasteiger partial charge in [-0.2, -0.15) is 5.10 Å². The fourth-order valence-corrected chi connectivity index (χ4v) is 0.910. The smallest absolute Gasteiger partial charge is 0.207 e. The molecule has 7 heteroatoms. The Hall–Kier alpha value is -1.92. The molecule has 0 bridgehead atoms. The van der Waals surface area contributed by atoms with Gasteiger partial charge < -0.3 is 5.73 Å². The summed E-state index contributed by atoms with van der Waals surface area (Å²) in [5.41, 5.74) is 5.83. The van der Waals surface area contributed by atoms with E-state index in [1.165, 1.54) is 0 Å². The van der Waals surface area contributed by atoms with E-state index >= 15 is 0 Å². The first-order valence-corrected chi connectivity index (χ1v) is 3.81. The fraction of sp³-hybridized carbons (Fsp3) is 0.333. The molecular weight excluding hydrogens is 172 g/mol. The van der Waals surface area contributed by atoms with Crippen LogP contribution in [0.5, 0.6) is 0 Å². The van der Waals surface area contributed by atoms with Gasteiger partial charge in [-0.3, -0.25) is 5.10 Å². The minimum absolute atomic E-state index is 0.196. The van der Waals surface area contributed by atoms with Crippen molar-refractivity contribution in [3.8, 4) is 11.5 Å². The Morgan fingerprint density at radius 1 is 1.46 bits per heavy atom. The van der Waals surface area contributed by atoms with Crippen LogP contribution in [-0.4, -0.2) is 25.5 Å². The van der Waals surface area contributed by atoms with E-state index in [0.717, 1.165) is 12.2 Å². The Labute approximate surface area is 73.3 Å². The average molecular weight is 180 g/mol. The quantitative estimate of drug-likeness (QED) is 0.673. The molecule has 0 saturated carbocycles. The highest BCUT2D eigenvalue weighted by Crippen LogP contribution is 2.16. The summed E-state index contributed by atoms with van der Waals surface area (Å²) >= 11 is 0. The van der Waals surface area contributed by atoms with Crippen LogP contribution in [0.3, 0.4) is 0 Å². The number of nitrogens with zero attached hydrogens (tertiary/aromatic N) is 4. The molecule has 0 amide bonds. The Morgan fingerprint density at radius 3 is 2.85 bits per heavy atom. The van der Waals surface area contributed by atoms with Gasteiger partial charge >= 0.3 is 0 Å². The monoisotopic (exact) mass is 180 g/mol. The van der Waals surface area contributed by atoms with Gasteiger partial charge in [-0.1, -0.05) is 6.92 Å². The van der Waals surface area contributed by atoms with Crippen LogP contribution in [0.25, 0.3) is 11.5 Å². The molecule has 7 nitrogen and oxygen atoms in total. The Kier molecular flexibility index (Phi) is 1.69. The number of nitrogen functional groups attached to an aromatic ring is 1. The van der Waals surface area contributed by atoms with Crippen LogP contribution in [0.15, 0.2) is 4.63 Å². The van der Waals surface area contributed by atoms with Crippen molar-refractivity contribution in [1.82, 2.24) is 25.5 Å². The molecule has 68 valence electrons. The van der Waals surface area contributed by atoms with Crippen LogP contribution in [0.2, 0.25) is 0 Å². The number of rotatable bonds is 2. The number of nitrogens with two attached hydrogens (primary N) is 1. The van der Waals surface area contributed by atoms with Gasteiger partial charge in [-0.25, -0.2) is 9.61 Å². The van der Waals surface area contributed by atoms with Crippen molar-refractivity contribution in [2.75, 3.05) is 5.73 Å². The Bertz CT molecular complexity index is 405. The van der Waals surface area contributed by atoms with E-state index in [2.05, 4.69) is 30.1 Å². The number of hydrogen-bond donors (Lipinski definition) is 2.